The Kier molecular flexibility index (Phi) is 7.85. The van der Waals surface area contributed by atoms with E-state index in [4.69, 9.17) is 0 Å². The van der Waals surface area contributed by atoms with Gasteiger partial charge in [0.25, 0.3) is 0 Å². The van der Waals surface area contributed by atoms with Crippen LogP contribution in [0.5, 0.6) is 0 Å². The van der Waals surface area contributed by atoms with E-state index in [0.29, 0.717) is 0 Å². The number of benzene rings is 2. The first-order chi connectivity index (χ1) is 13.0. The summed E-state index contributed by atoms with van der Waals surface area (Å²) in [6.45, 7) is 8.22. The molecule has 3 rings (SSSR count). The van der Waals surface area contributed by atoms with Crippen molar-refractivity contribution in [2.24, 2.45) is 5.41 Å². The zero-order valence-electron chi connectivity index (χ0n) is 16.7. The molecule has 1 heterocycles. The Morgan fingerprint density at radius 2 is 1.89 bits per heavy atom. The summed E-state index contributed by atoms with van der Waals surface area (Å²) in [7, 11) is 2.14. The zero-order chi connectivity index (χ0) is 19.5. The largest absolute Gasteiger partial charge is 0.351 e. The van der Waals surface area contributed by atoms with Crippen LogP contribution in [0.25, 0.3) is 10.8 Å². The minimum absolute atomic E-state index is 0.0686. The Morgan fingerprint density at radius 3 is 2.56 bits per heavy atom. The normalized spacial score (nSPS) is 11.1. The van der Waals surface area contributed by atoms with Crippen molar-refractivity contribution >= 4 is 10.8 Å². The highest BCUT2D eigenvalue weighted by molar-refractivity contribution is 5.85. The molecule has 0 aliphatic heterocycles. The van der Waals surface area contributed by atoms with Crippen molar-refractivity contribution < 1.29 is 0 Å². The third-order valence-electron chi connectivity index (χ3n) is 3.79. The van der Waals surface area contributed by atoms with Gasteiger partial charge in [-0.15, -0.1) is 0 Å². The summed E-state index contributed by atoms with van der Waals surface area (Å²) >= 11 is 0. The first kappa shape index (κ1) is 20.5. The van der Waals surface area contributed by atoms with E-state index in [9.17, 15) is 0 Å². The molecule has 1 aromatic heterocycles. The van der Waals surface area contributed by atoms with Gasteiger partial charge in [0.15, 0.2) is 0 Å². The molecule has 0 aliphatic carbocycles. The van der Waals surface area contributed by atoms with Gasteiger partial charge in [-0.2, -0.15) is 0 Å². The summed E-state index contributed by atoms with van der Waals surface area (Å²) in [4.78, 5) is 8.72. The summed E-state index contributed by atoms with van der Waals surface area (Å²) < 4.78 is 0. The lowest BCUT2D eigenvalue weighted by molar-refractivity contribution is 0.365. The number of nitrogens with one attached hydrogen (secondary N) is 1. The Labute approximate surface area is 163 Å². The monoisotopic (exact) mass is 359 g/mol. The first-order valence-corrected chi connectivity index (χ1v) is 9.21. The summed E-state index contributed by atoms with van der Waals surface area (Å²) in [5.74, 6) is 6.33. The number of hydrogen-bond acceptors (Lipinski definition) is 2. The van der Waals surface area contributed by atoms with Crippen LogP contribution in [0.2, 0.25) is 0 Å². The van der Waals surface area contributed by atoms with Crippen LogP contribution >= 0.6 is 0 Å². The second-order valence-corrected chi connectivity index (χ2v) is 7.52. The minimum atomic E-state index is 0.0686. The average Bonchev–Trinajstić information content (AvgIpc) is 3.21. The highest BCUT2D eigenvalue weighted by Gasteiger charge is 2.03. The lowest BCUT2D eigenvalue weighted by Gasteiger charge is -2.15. The van der Waals surface area contributed by atoms with Crippen molar-refractivity contribution in [3.63, 3.8) is 0 Å². The molecule has 3 aromatic rings. The van der Waals surface area contributed by atoms with E-state index in [0.717, 1.165) is 13.1 Å². The van der Waals surface area contributed by atoms with Gasteiger partial charge in [-0.05, 0) is 50.2 Å². The van der Waals surface area contributed by atoms with E-state index in [1.54, 1.807) is 18.7 Å². The molecule has 27 heavy (non-hydrogen) atoms. The number of fused-ring (bicyclic) bond motifs is 1. The minimum Gasteiger partial charge on any atom is -0.351 e. The predicted molar refractivity (Wildman–Crippen MR) is 115 cm³/mol. The number of aromatic nitrogens is 2. The van der Waals surface area contributed by atoms with Crippen molar-refractivity contribution in [2.45, 2.75) is 27.3 Å². The Hall–Kier alpha value is -2.83. The van der Waals surface area contributed by atoms with Crippen LogP contribution in [0.4, 0.5) is 0 Å². The average molecular weight is 360 g/mol. The molecule has 0 bridgehead atoms. The molecule has 0 aliphatic rings. The quantitative estimate of drug-likeness (QED) is 0.642. The van der Waals surface area contributed by atoms with Gasteiger partial charge < -0.3 is 4.98 Å². The summed E-state index contributed by atoms with van der Waals surface area (Å²) in [6.07, 6.45) is 9.18. The second-order valence-electron chi connectivity index (χ2n) is 7.52. The standard InChI is InChI=1S/C21H25N.C3H4N2/c1-21(2,3)15-8-5-9-16-22(4)17-19-13-10-12-18-11-6-7-14-20(18)19;1-2-5-3-4-1/h5-7,9-14H,16-17H2,1-4H3;1-3H,(H,4,5)/b9-5+;. The van der Waals surface area contributed by atoms with Crippen LogP contribution in [0.1, 0.15) is 26.3 Å². The maximum Gasteiger partial charge on any atom is 0.0919 e. The Balaban J connectivity index is 0.000000451. The van der Waals surface area contributed by atoms with Crippen LogP contribution < -0.4 is 0 Å². The lowest BCUT2D eigenvalue weighted by Crippen LogP contribution is -2.17. The third-order valence-corrected chi connectivity index (χ3v) is 3.79. The summed E-state index contributed by atoms with van der Waals surface area (Å²) in [6, 6.07) is 15.1. The molecule has 0 atom stereocenters. The van der Waals surface area contributed by atoms with Crippen LogP contribution in [0.15, 0.2) is 73.3 Å². The van der Waals surface area contributed by atoms with Crippen molar-refractivity contribution in [2.75, 3.05) is 13.6 Å². The molecule has 2 aromatic carbocycles. The number of nitrogens with zero attached hydrogens (tertiary/aromatic N) is 2. The molecule has 0 saturated carbocycles. The fraction of sp³-hybridized carbons (Fsp3) is 0.292. The summed E-state index contributed by atoms with van der Waals surface area (Å²) in [5, 5.41) is 2.65. The van der Waals surface area contributed by atoms with Gasteiger partial charge in [-0.25, -0.2) is 4.98 Å². The molecule has 0 radical (unpaired) electrons. The zero-order valence-corrected chi connectivity index (χ0v) is 16.7. The fourth-order valence-corrected chi connectivity index (χ4v) is 2.55. The van der Waals surface area contributed by atoms with E-state index in [-0.39, 0.29) is 5.41 Å². The number of imidazole rings is 1. The van der Waals surface area contributed by atoms with Crippen LogP contribution in [-0.2, 0) is 6.54 Å². The maximum absolute atomic E-state index is 3.67. The number of rotatable bonds is 4. The van der Waals surface area contributed by atoms with E-state index >= 15 is 0 Å². The van der Waals surface area contributed by atoms with Crippen molar-refractivity contribution in [1.82, 2.24) is 14.9 Å². The van der Waals surface area contributed by atoms with Gasteiger partial charge >= 0.3 is 0 Å². The summed E-state index contributed by atoms with van der Waals surface area (Å²) in [5.41, 5.74) is 1.44. The van der Waals surface area contributed by atoms with E-state index in [1.807, 2.05) is 6.08 Å². The first-order valence-electron chi connectivity index (χ1n) is 9.21. The van der Waals surface area contributed by atoms with E-state index in [2.05, 4.69) is 103 Å². The second kappa shape index (κ2) is 10.4. The fourth-order valence-electron chi connectivity index (χ4n) is 2.55. The van der Waals surface area contributed by atoms with Crippen molar-refractivity contribution in [1.29, 1.82) is 0 Å². The smallest absolute Gasteiger partial charge is 0.0919 e. The van der Waals surface area contributed by atoms with Gasteiger partial charge in [-0.1, -0.05) is 60.4 Å². The SMILES string of the molecule is CN(C/C=C/C#CC(C)(C)C)Cc1cccc2ccccc12.c1c[nH]cn1. The molecule has 3 heteroatoms. The Morgan fingerprint density at radius 1 is 1.11 bits per heavy atom. The van der Waals surface area contributed by atoms with Crippen LogP contribution in [-0.4, -0.2) is 28.5 Å². The number of H-pyrrole nitrogens is 1. The molecular weight excluding hydrogens is 330 g/mol. The predicted octanol–water partition coefficient (Wildman–Crippen LogP) is 5.29. The van der Waals surface area contributed by atoms with Gasteiger partial charge in [0.1, 0.15) is 0 Å². The molecule has 0 amide bonds. The molecule has 3 nitrogen and oxygen atoms in total. The number of aromatic amines is 1. The van der Waals surface area contributed by atoms with Crippen LogP contribution in [0.3, 0.4) is 0 Å². The van der Waals surface area contributed by atoms with Gasteiger partial charge in [-0.3, -0.25) is 4.90 Å². The topological polar surface area (TPSA) is 31.9 Å². The Bertz CT molecular complexity index is 868. The molecule has 0 fully saturated rings. The number of allylic oxidation sites excluding steroid dienone is 1. The van der Waals surface area contributed by atoms with Gasteiger partial charge in [0.2, 0.25) is 0 Å². The van der Waals surface area contributed by atoms with Crippen molar-refractivity contribution in [3.8, 4) is 11.8 Å². The van der Waals surface area contributed by atoms with E-state index < -0.39 is 0 Å². The highest BCUT2D eigenvalue weighted by atomic mass is 15.1. The van der Waals surface area contributed by atoms with Gasteiger partial charge in [0, 0.05) is 30.9 Å². The lowest BCUT2D eigenvalue weighted by atomic mass is 9.98. The molecule has 1 N–H and O–H groups in total. The number of likely N-dealkylation sites (N-methyl/N-ethyl adjacent to an activating group) is 1. The van der Waals surface area contributed by atoms with Crippen molar-refractivity contribution in [3.05, 3.63) is 78.9 Å². The molecule has 0 unspecified atom stereocenters. The van der Waals surface area contributed by atoms with Gasteiger partial charge in [0.05, 0.1) is 6.33 Å². The third kappa shape index (κ3) is 7.94. The maximum atomic E-state index is 3.67. The van der Waals surface area contributed by atoms with Crippen LogP contribution in [0, 0.1) is 17.3 Å². The highest BCUT2D eigenvalue weighted by Crippen LogP contribution is 2.19. The molecule has 0 spiro atoms. The number of hydrogen-bond donors (Lipinski definition) is 1. The molecule has 140 valence electrons. The molecule has 0 saturated heterocycles. The molecular formula is C24H29N3. The van der Waals surface area contributed by atoms with E-state index in [1.165, 1.54) is 16.3 Å².